The van der Waals surface area contributed by atoms with Crippen LogP contribution in [-0.4, -0.2) is 51.6 Å². The van der Waals surface area contributed by atoms with E-state index in [0.29, 0.717) is 38.0 Å². The number of ether oxygens (including phenoxy) is 1. The van der Waals surface area contributed by atoms with E-state index in [9.17, 15) is 13.6 Å². The number of likely N-dealkylation sites (tertiary alicyclic amines) is 1. The molecule has 7 heteroatoms. The number of piperidine rings is 1. The molecule has 0 spiro atoms. The van der Waals surface area contributed by atoms with E-state index in [0.717, 1.165) is 29.7 Å². The van der Waals surface area contributed by atoms with Crippen LogP contribution in [0.25, 0.3) is 11.0 Å². The Morgan fingerprint density at radius 1 is 1.15 bits per heavy atom. The zero-order valence-electron chi connectivity index (χ0n) is 21.2. The van der Waals surface area contributed by atoms with Crippen LogP contribution in [0.3, 0.4) is 0 Å². The maximum absolute atomic E-state index is 13.7. The summed E-state index contributed by atoms with van der Waals surface area (Å²) >= 11 is 0. The van der Waals surface area contributed by atoms with Crippen molar-refractivity contribution in [3.8, 4) is 0 Å². The van der Waals surface area contributed by atoms with E-state index < -0.39 is 5.92 Å². The van der Waals surface area contributed by atoms with Gasteiger partial charge in [-0.05, 0) is 63.6 Å². The summed E-state index contributed by atoms with van der Waals surface area (Å²) in [5.74, 6) is -1.33. The fourth-order valence-electron chi connectivity index (χ4n) is 5.32. The summed E-state index contributed by atoms with van der Waals surface area (Å²) in [6.45, 7) is 12.5. The molecule has 1 amide bonds. The predicted molar refractivity (Wildman–Crippen MR) is 130 cm³/mol. The first-order valence-corrected chi connectivity index (χ1v) is 12.8. The van der Waals surface area contributed by atoms with E-state index in [1.807, 2.05) is 36.9 Å². The molecule has 2 aliphatic rings. The van der Waals surface area contributed by atoms with Crippen molar-refractivity contribution in [3.05, 3.63) is 29.6 Å². The van der Waals surface area contributed by atoms with Crippen molar-refractivity contribution >= 4 is 16.9 Å². The number of alkyl halides is 2. The Morgan fingerprint density at radius 2 is 1.79 bits per heavy atom. The third kappa shape index (κ3) is 5.61. The van der Waals surface area contributed by atoms with Gasteiger partial charge in [-0.1, -0.05) is 20.8 Å². The molecule has 4 rings (SSSR count). The summed E-state index contributed by atoms with van der Waals surface area (Å²) in [7, 11) is 0. The molecule has 188 valence electrons. The maximum Gasteiger partial charge on any atom is 0.253 e. The van der Waals surface area contributed by atoms with Gasteiger partial charge in [0.25, 0.3) is 5.91 Å². The molecule has 1 aromatic carbocycles. The number of halogens is 2. The van der Waals surface area contributed by atoms with Crippen LogP contribution in [0.2, 0.25) is 0 Å². The molecule has 34 heavy (non-hydrogen) atoms. The minimum absolute atomic E-state index is 0.0336. The highest BCUT2D eigenvalue weighted by Gasteiger charge is 2.36. The van der Waals surface area contributed by atoms with E-state index in [-0.39, 0.29) is 42.3 Å². The SMILES string of the molecule is CC(C)OC1CCN(C(=O)c2ccc3c(c2)nc(C(C)(C)C)n3CC2CCC(F)(F)CC2)CC1. The van der Waals surface area contributed by atoms with Crippen molar-refractivity contribution < 1.29 is 18.3 Å². The van der Waals surface area contributed by atoms with Crippen molar-refractivity contribution in [1.29, 1.82) is 0 Å². The van der Waals surface area contributed by atoms with Gasteiger partial charge < -0.3 is 14.2 Å². The van der Waals surface area contributed by atoms with Gasteiger partial charge in [0.05, 0.1) is 23.2 Å². The lowest BCUT2D eigenvalue weighted by atomic mass is 9.86. The Morgan fingerprint density at radius 3 is 2.38 bits per heavy atom. The zero-order chi connectivity index (χ0) is 24.7. The largest absolute Gasteiger partial charge is 0.375 e. The maximum atomic E-state index is 13.7. The van der Waals surface area contributed by atoms with Crippen LogP contribution in [0.1, 0.15) is 89.3 Å². The number of imidazole rings is 1. The zero-order valence-corrected chi connectivity index (χ0v) is 21.2. The number of hydrogen-bond acceptors (Lipinski definition) is 3. The molecule has 1 aliphatic carbocycles. The number of amides is 1. The molecule has 2 fully saturated rings. The van der Waals surface area contributed by atoms with Gasteiger partial charge in [-0.25, -0.2) is 13.8 Å². The molecule has 2 heterocycles. The normalized spacial score (nSPS) is 20.4. The molecule has 0 N–H and O–H groups in total. The highest BCUT2D eigenvalue weighted by Crippen LogP contribution is 2.38. The average molecular weight is 476 g/mol. The molecule has 0 unspecified atom stereocenters. The topological polar surface area (TPSA) is 47.4 Å². The van der Waals surface area contributed by atoms with Crippen molar-refractivity contribution in [2.24, 2.45) is 5.92 Å². The molecule has 0 bridgehead atoms. The van der Waals surface area contributed by atoms with Crippen molar-refractivity contribution in [3.63, 3.8) is 0 Å². The van der Waals surface area contributed by atoms with E-state index >= 15 is 0 Å². The molecule has 0 radical (unpaired) electrons. The van der Waals surface area contributed by atoms with E-state index in [4.69, 9.17) is 9.72 Å². The lowest BCUT2D eigenvalue weighted by Gasteiger charge is -2.33. The molecule has 1 saturated carbocycles. The van der Waals surface area contributed by atoms with Crippen LogP contribution >= 0.6 is 0 Å². The predicted octanol–water partition coefficient (Wildman–Crippen LogP) is 6.19. The third-order valence-corrected chi connectivity index (χ3v) is 7.14. The van der Waals surface area contributed by atoms with Crippen molar-refractivity contribution in [1.82, 2.24) is 14.5 Å². The van der Waals surface area contributed by atoms with Gasteiger partial charge in [-0.15, -0.1) is 0 Å². The van der Waals surface area contributed by atoms with Gasteiger partial charge in [0.15, 0.2) is 0 Å². The average Bonchev–Trinajstić information content (AvgIpc) is 3.13. The lowest BCUT2D eigenvalue weighted by molar-refractivity contribution is -0.0473. The number of benzene rings is 1. The second-order valence-electron chi connectivity index (χ2n) is 11.5. The number of fused-ring (bicyclic) bond motifs is 1. The minimum atomic E-state index is -2.52. The molecule has 0 atom stereocenters. The Labute approximate surface area is 201 Å². The van der Waals surface area contributed by atoms with Crippen molar-refractivity contribution in [2.45, 2.75) is 103 Å². The molecule has 1 aliphatic heterocycles. The molecular formula is C27H39F2N3O2. The Balaban J connectivity index is 1.54. The number of nitrogens with zero attached hydrogens (tertiary/aromatic N) is 3. The summed E-state index contributed by atoms with van der Waals surface area (Å²) in [6, 6.07) is 5.77. The molecule has 2 aromatic rings. The molecule has 1 aromatic heterocycles. The number of carbonyl (C=O) groups excluding carboxylic acids is 1. The second-order valence-corrected chi connectivity index (χ2v) is 11.5. The van der Waals surface area contributed by atoms with Crippen LogP contribution in [0.5, 0.6) is 0 Å². The van der Waals surface area contributed by atoms with Crippen LogP contribution < -0.4 is 0 Å². The fourth-order valence-corrected chi connectivity index (χ4v) is 5.32. The molecular weight excluding hydrogens is 436 g/mol. The van der Waals surface area contributed by atoms with E-state index in [1.165, 1.54) is 0 Å². The first-order chi connectivity index (χ1) is 15.9. The quantitative estimate of drug-likeness (QED) is 0.518. The monoisotopic (exact) mass is 475 g/mol. The van der Waals surface area contributed by atoms with E-state index in [1.54, 1.807) is 0 Å². The van der Waals surface area contributed by atoms with Crippen LogP contribution in [0.4, 0.5) is 8.78 Å². The summed E-state index contributed by atoms with van der Waals surface area (Å²) < 4.78 is 35.4. The first-order valence-electron chi connectivity index (χ1n) is 12.8. The van der Waals surface area contributed by atoms with Crippen LogP contribution in [-0.2, 0) is 16.7 Å². The Hall–Kier alpha value is -2.02. The number of aromatic nitrogens is 2. The van der Waals surface area contributed by atoms with E-state index in [2.05, 4.69) is 25.3 Å². The molecule has 5 nitrogen and oxygen atoms in total. The van der Waals surface area contributed by atoms with Gasteiger partial charge in [0.1, 0.15) is 5.82 Å². The summed E-state index contributed by atoms with van der Waals surface area (Å²) in [6.07, 6.45) is 3.12. The van der Waals surface area contributed by atoms with Crippen molar-refractivity contribution in [2.75, 3.05) is 13.1 Å². The fraction of sp³-hybridized carbons (Fsp3) is 0.704. The highest BCUT2D eigenvalue weighted by molar-refractivity contribution is 5.97. The third-order valence-electron chi connectivity index (χ3n) is 7.14. The number of hydrogen-bond donors (Lipinski definition) is 0. The number of rotatable bonds is 5. The van der Waals surface area contributed by atoms with Crippen LogP contribution in [0.15, 0.2) is 18.2 Å². The number of carbonyl (C=O) groups is 1. The van der Waals surface area contributed by atoms with Gasteiger partial charge >= 0.3 is 0 Å². The summed E-state index contributed by atoms with van der Waals surface area (Å²) in [5, 5.41) is 0. The van der Waals surface area contributed by atoms with Crippen LogP contribution in [0, 0.1) is 5.92 Å². The van der Waals surface area contributed by atoms with Gasteiger partial charge in [0.2, 0.25) is 5.92 Å². The van der Waals surface area contributed by atoms with Gasteiger partial charge in [0, 0.05) is 43.5 Å². The standard InChI is InChI=1S/C27H39F2N3O2/c1-18(2)34-21-10-14-31(15-11-21)24(33)20-6-7-23-22(16-20)30-25(26(3,4)5)32(23)17-19-8-12-27(28,29)13-9-19/h6-7,16,18-19,21H,8-15,17H2,1-5H3. The minimum Gasteiger partial charge on any atom is -0.375 e. The Kier molecular flexibility index (Phi) is 7.05. The smallest absolute Gasteiger partial charge is 0.253 e. The van der Waals surface area contributed by atoms with Gasteiger partial charge in [-0.2, -0.15) is 0 Å². The molecule has 1 saturated heterocycles. The van der Waals surface area contributed by atoms with Gasteiger partial charge in [-0.3, -0.25) is 4.79 Å². The summed E-state index contributed by atoms with van der Waals surface area (Å²) in [5.41, 5.74) is 2.23. The second kappa shape index (κ2) is 9.56. The first kappa shape index (κ1) is 25.1. The highest BCUT2D eigenvalue weighted by atomic mass is 19.3. The Bertz CT molecular complexity index is 1010. The summed E-state index contributed by atoms with van der Waals surface area (Å²) in [4.78, 5) is 20.1. The lowest BCUT2D eigenvalue weighted by Crippen LogP contribution is -2.41.